The zero-order chi connectivity index (χ0) is 14.6. The first kappa shape index (κ1) is 15.1. The molecule has 0 heterocycles. The highest BCUT2D eigenvalue weighted by Gasteiger charge is 2.34. The van der Waals surface area contributed by atoms with Crippen LogP contribution in [0, 0.1) is 11.6 Å². The Balaban J connectivity index is 2.94. The summed E-state index contributed by atoms with van der Waals surface area (Å²) >= 11 is 0. The minimum atomic E-state index is -1.43. The third-order valence-corrected chi connectivity index (χ3v) is 2.79. The highest BCUT2D eigenvalue weighted by molar-refractivity contribution is 5.97. The Hall–Kier alpha value is -1.98. The molecule has 19 heavy (non-hydrogen) atoms. The van der Waals surface area contributed by atoms with E-state index in [4.69, 9.17) is 5.11 Å². The molecule has 6 heteroatoms. The van der Waals surface area contributed by atoms with E-state index in [-0.39, 0.29) is 12.0 Å². The summed E-state index contributed by atoms with van der Waals surface area (Å²) in [5.74, 6) is -4.14. The third kappa shape index (κ3) is 3.49. The number of hydrogen-bond donors (Lipinski definition) is 2. The van der Waals surface area contributed by atoms with Crippen LogP contribution in [0.25, 0.3) is 0 Å². The second kappa shape index (κ2) is 5.77. The van der Waals surface area contributed by atoms with Crippen molar-refractivity contribution >= 4 is 11.9 Å². The van der Waals surface area contributed by atoms with Crippen LogP contribution in [0.4, 0.5) is 8.78 Å². The third-order valence-electron chi connectivity index (χ3n) is 2.79. The van der Waals surface area contributed by atoms with Gasteiger partial charge in [-0.1, -0.05) is 13.3 Å². The summed E-state index contributed by atoms with van der Waals surface area (Å²) in [6.07, 6.45) is 0.790. The average molecular weight is 271 g/mol. The maximum absolute atomic E-state index is 13.0. The van der Waals surface area contributed by atoms with Gasteiger partial charge in [0.15, 0.2) is 11.6 Å². The smallest absolute Gasteiger partial charge is 0.329 e. The molecule has 0 radical (unpaired) electrons. The quantitative estimate of drug-likeness (QED) is 0.863. The Bertz CT molecular complexity index is 505. The van der Waals surface area contributed by atoms with E-state index in [0.29, 0.717) is 6.42 Å². The fraction of sp³-hybridized carbons (Fsp3) is 0.385. The van der Waals surface area contributed by atoms with Crippen LogP contribution in [0.3, 0.4) is 0 Å². The summed E-state index contributed by atoms with van der Waals surface area (Å²) in [6, 6.07) is 2.66. The molecule has 1 rings (SSSR count). The van der Waals surface area contributed by atoms with Crippen LogP contribution in [-0.2, 0) is 4.79 Å². The van der Waals surface area contributed by atoms with Gasteiger partial charge in [0.25, 0.3) is 5.91 Å². The number of carboxylic acid groups (broad SMARTS) is 1. The van der Waals surface area contributed by atoms with Gasteiger partial charge in [-0.15, -0.1) is 0 Å². The van der Waals surface area contributed by atoms with Gasteiger partial charge in [-0.05, 0) is 31.5 Å². The largest absolute Gasteiger partial charge is 0.480 e. The van der Waals surface area contributed by atoms with Gasteiger partial charge in [-0.25, -0.2) is 13.6 Å². The molecule has 0 aliphatic rings. The minimum absolute atomic E-state index is 0.123. The van der Waals surface area contributed by atoms with E-state index in [1.807, 2.05) is 0 Å². The molecule has 0 spiro atoms. The van der Waals surface area contributed by atoms with E-state index in [2.05, 4.69) is 5.32 Å². The molecule has 0 fully saturated rings. The topological polar surface area (TPSA) is 66.4 Å². The fourth-order valence-corrected chi connectivity index (χ4v) is 1.68. The monoisotopic (exact) mass is 271 g/mol. The lowest BCUT2D eigenvalue weighted by atomic mass is 9.95. The van der Waals surface area contributed by atoms with Crippen molar-refractivity contribution in [1.82, 2.24) is 5.32 Å². The average Bonchev–Trinajstić information content (AvgIpc) is 2.32. The second-order valence-electron chi connectivity index (χ2n) is 4.47. The molecule has 0 saturated carbocycles. The molecular weight excluding hydrogens is 256 g/mol. The van der Waals surface area contributed by atoms with Gasteiger partial charge < -0.3 is 10.4 Å². The molecule has 4 nitrogen and oxygen atoms in total. The molecule has 0 saturated heterocycles. The van der Waals surface area contributed by atoms with Crippen molar-refractivity contribution in [1.29, 1.82) is 0 Å². The van der Waals surface area contributed by atoms with Crippen molar-refractivity contribution in [3.8, 4) is 0 Å². The summed E-state index contributed by atoms with van der Waals surface area (Å²) < 4.78 is 25.8. The summed E-state index contributed by atoms with van der Waals surface area (Å²) in [7, 11) is 0. The number of halogens is 2. The van der Waals surface area contributed by atoms with Gasteiger partial charge in [-0.2, -0.15) is 0 Å². The van der Waals surface area contributed by atoms with E-state index >= 15 is 0 Å². The minimum Gasteiger partial charge on any atom is -0.480 e. The maximum atomic E-state index is 13.0. The van der Waals surface area contributed by atoms with E-state index in [1.54, 1.807) is 6.92 Å². The Morgan fingerprint density at radius 1 is 1.32 bits per heavy atom. The summed E-state index contributed by atoms with van der Waals surface area (Å²) in [6.45, 7) is 3.15. The number of nitrogens with one attached hydrogen (secondary N) is 1. The van der Waals surface area contributed by atoms with Crippen molar-refractivity contribution in [2.24, 2.45) is 0 Å². The molecule has 1 aromatic carbocycles. The van der Waals surface area contributed by atoms with Gasteiger partial charge in [0, 0.05) is 5.56 Å². The Kier molecular flexibility index (Phi) is 4.58. The SMILES string of the molecule is CCCC(C)(NC(=O)c1ccc(F)c(F)c1)C(=O)O. The zero-order valence-corrected chi connectivity index (χ0v) is 10.7. The number of benzene rings is 1. The molecular formula is C13H15F2NO3. The molecule has 1 amide bonds. The standard InChI is InChI=1S/C13H15F2NO3/c1-3-6-13(2,12(18)19)16-11(17)8-4-5-9(14)10(15)7-8/h4-5,7H,3,6H2,1-2H3,(H,16,17)(H,18,19). The number of aliphatic carboxylic acids is 1. The molecule has 0 aliphatic heterocycles. The predicted octanol–water partition coefficient (Wildman–Crippen LogP) is 2.34. The summed E-state index contributed by atoms with van der Waals surface area (Å²) in [5, 5.41) is 11.4. The van der Waals surface area contributed by atoms with E-state index < -0.39 is 29.0 Å². The van der Waals surface area contributed by atoms with Crippen molar-refractivity contribution in [3.63, 3.8) is 0 Å². The van der Waals surface area contributed by atoms with Gasteiger partial charge in [-0.3, -0.25) is 4.79 Å². The van der Waals surface area contributed by atoms with Gasteiger partial charge in [0.05, 0.1) is 0 Å². The number of hydrogen-bond acceptors (Lipinski definition) is 2. The van der Waals surface area contributed by atoms with Crippen molar-refractivity contribution in [3.05, 3.63) is 35.4 Å². The van der Waals surface area contributed by atoms with Crippen molar-refractivity contribution in [2.45, 2.75) is 32.2 Å². The van der Waals surface area contributed by atoms with E-state index in [0.717, 1.165) is 18.2 Å². The number of carbonyl (C=O) groups excluding carboxylic acids is 1. The first-order valence-electron chi connectivity index (χ1n) is 5.81. The second-order valence-corrected chi connectivity index (χ2v) is 4.47. The lowest BCUT2D eigenvalue weighted by Crippen LogP contribution is -2.52. The first-order chi connectivity index (χ1) is 8.80. The molecule has 0 aliphatic carbocycles. The number of rotatable bonds is 5. The van der Waals surface area contributed by atoms with E-state index in [9.17, 15) is 18.4 Å². The first-order valence-corrected chi connectivity index (χ1v) is 5.81. The Morgan fingerprint density at radius 2 is 1.95 bits per heavy atom. The molecule has 1 atom stereocenters. The van der Waals surface area contributed by atoms with Gasteiger partial charge in [0.2, 0.25) is 0 Å². The van der Waals surface area contributed by atoms with Crippen molar-refractivity contribution < 1.29 is 23.5 Å². The van der Waals surface area contributed by atoms with E-state index in [1.165, 1.54) is 6.92 Å². The molecule has 1 aromatic rings. The maximum Gasteiger partial charge on any atom is 0.329 e. The van der Waals surface area contributed by atoms with Crippen LogP contribution in [0.15, 0.2) is 18.2 Å². The highest BCUT2D eigenvalue weighted by Crippen LogP contribution is 2.15. The predicted molar refractivity (Wildman–Crippen MR) is 64.8 cm³/mol. The van der Waals surface area contributed by atoms with Crippen LogP contribution < -0.4 is 5.32 Å². The normalized spacial score (nSPS) is 13.7. The fourth-order valence-electron chi connectivity index (χ4n) is 1.68. The highest BCUT2D eigenvalue weighted by atomic mass is 19.2. The molecule has 0 bridgehead atoms. The van der Waals surface area contributed by atoms with Gasteiger partial charge >= 0.3 is 5.97 Å². The van der Waals surface area contributed by atoms with Crippen LogP contribution in [0.5, 0.6) is 0 Å². The van der Waals surface area contributed by atoms with Gasteiger partial charge in [0.1, 0.15) is 5.54 Å². The van der Waals surface area contributed by atoms with Crippen LogP contribution in [-0.4, -0.2) is 22.5 Å². The number of amides is 1. The lowest BCUT2D eigenvalue weighted by molar-refractivity contribution is -0.144. The number of carbonyl (C=O) groups is 2. The Morgan fingerprint density at radius 3 is 2.42 bits per heavy atom. The van der Waals surface area contributed by atoms with Crippen LogP contribution in [0.1, 0.15) is 37.0 Å². The zero-order valence-electron chi connectivity index (χ0n) is 10.7. The molecule has 104 valence electrons. The molecule has 0 aromatic heterocycles. The molecule has 1 unspecified atom stereocenters. The summed E-state index contributed by atoms with van der Waals surface area (Å²) in [4.78, 5) is 23.0. The van der Waals surface area contributed by atoms with Crippen LogP contribution >= 0.6 is 0 Å². The molecule has 2 N–H and O–H groups in total. The lowest BCUT2D eigenvalue weighted by Gasteiger charge is -2.25. The van der Waals surface area contributed by atoms with Crippen molar-refractivity contribution in [2.75, 3.05) is 0 Å². The number of carboxylic acids is 1. The Labute approximate surface area is 109 Å². The summed E-state index contributed by atoms with van der Waals surface area (Å²) in [5.41, 5.74) is -1.56. The van der Waals surface area contributed by atoms with Crippen LogP contribution in [0.2, 0.25) is 0 Å².